The number of nitrogens with two attached hydrogens (primary N) is 1. The molecule has 0 bridgehead atoms. The Morgan fingerprint density at radius 1 is 1.20 bits per heavy atom. The summed E-state index contributed by atoms with van der Waals surface area (Å²) in [6, 6.07) is -0.593. The molecule has 1 saturated carbocycles. The van der Waals surface area contributed by atoms with Gasteiger partial charge in [0.25, 0.3) is 0 Å². The largest absolute Gasteiger partial charge is 0.409 e. The first-order valence-electron chi connectivity index (χ1n) is 5.66. The molecule has 0 atom stereocenters. The van der Waals surface area contributed by atoms with E-state index in [1.165, 1.54) is 0 Å². The molecule has 0 spiro atoms. The zero-order valence-corrected chi connectivity index (χ0v) is 10.9. The van der Waals surface area contributed by atoms with Crippen LogP contribution in [0, 0.1) is 5.92 Å². The second kappa shape index (κ2) is 5.74. The van der Waals surface area contributed by atoms with Crippen molar-refractivity contribution in [3.63, 3.8) is 0 Å². The van der Waals surface area contributed by atoms with Crippen LogP contribution in [0.25, 0.3) is 0 Å². The highest BCUT2D eigenvalue weighted by molar-refractivity contribution is 7.80. The number of amides is 1. The monoisotopic (exact) mass is 322 g/mol. The van der Waals surface area contributed by atoms with Crippen molar-refractivity contribution in [1.29, 1.82) is 0 Å². The molecule has 20 heavy (non-hydrogen) atoms. The third kappa shape index (κ3) is 4.50. The van der Waals surface area contributed by atoms with E-state index in [1.807, 2.05) is 0 Å². The predicted molar refractivity (Wildman–Crippen MR) is 61.7 cm³/mol. The normalized spacial score (nSPS) is 16.4. The lowest BCUT2D eigenvalue weighted by Gasteiger charge is -2.29. The third-order valence-corrected chi connectivity index (χ3v) is 2.98. The molecular formula is C10H12F6N2OS. The van der Waals surface area contributed by atoms with E-state index < -0.39 is 30.2 Å². The van der Waals surface area contributed by atoms with E-state index >= 15 is 0 Å². The summed E-state index contributed by atoms with van der Waals surface area (Å²) in [5.41, 5.74) is 5.16. The fourth-order valence-corrected chi connectivity index (χ4v) is 1.81. The third-order valence-electron chi connectivity index (χ3n) is 2.77. The molecule has 0 aromatic rings. The van der Waals surface area contributed by atoms with E-state index in [0.717, 1.165) is 0 Å². The van der Waals surface area contributed by atoms with Gasteiger partial charge in [0, 0.05) is 19.0 Å². The van der Waals surface area contributed by atoms with Crippen molar-refractivity contribution in [2.75, 3.05) is 6.54 Å². The minimum atomic E-state index is -5.67. The Balaban J connectivity index is 2.93. The van der Waals surface area contributed by atoms with Crippen LogP contribution in [0.5, 0.6) is 0 Å². The summed E-state index contributed by atoms with van der Waals surface area (Å²) in [6.07, 6.45) is -10.7. The molecule has 116 valence electrons. The van der Waals surface area contributed by atoms with Crippen LogP contribution in [0.4, 0.5) is 26.3 Å². The Labute approximate surface area is 116 Å². The Bertz CT molecular complexity index is 376. The Hall–Kier alpha value is -1.06. The highest BCUT2D eigenvalue weighted by Crippen LogP contribution is 2.42. The SMILES string of the molecule is NC(=S)CCN(C(=O)C(C(F)(F)F)C(F)(F)F)C1CC1. The van der Waals surface area contributed by atoms with Gasteiger partial charge in [-0.3, -0.25) is 4.79 Å². The lowest BCUT2D eigenvalue weighted by atomic mass is 10.1. The van der Waals surface area contributed by atoms with Crippen molar-refractivity contribution in [3.05, 3.63) is 0 Å². The second-order valence-corrected chi connectivity index (χ2v) is 5.02. The smallest absolute Gasteiger partial charge is 0.393 e. The maximum absolute atomic E-state index is 12.5. The van der Waals surface area contributed by atoms with Crippen molar-refractivity contribution in [1.82, 2.24) is 4.90 Å². The average Bonchev–Trinajstić information content (AvgIpc) is 2.96. The van der Waals surface area contributed by atoms with Gasteiger partial charge in [-0.1, -0.05) is 12.2 Å². The van der Waals surface area contributed by atoms with E-state index in [4.69, 9.17) is 5.73 Å². The van der Waals surface area contributed by atoms with Crippen LogP contribution in [-0.2, 0) is 4.79 Å². The van der Waals surface area contributed by atoms with Crippen LogP contribution < -0.4 is 5.73 Å². The summed E-state index contributed by atoms with van der Waals surface area (Å²) in [5, 5.41) is 0. The van der Waals surface area contributed by atoms with Gasteiger partial charge in [-0.15, -0.1) is 0 Å². The number of carbonyl (C=O) groups excluding carboxylic acids is 1. The molecule has 1 amide bonds. The van der Waals surface area contributed by atoms with E-state index in [2.05, 4.69) is 12.2 Å². The molecule has 0 saturated heterocycles. The summed E-state index contributed by atoms with van der Waals surface area (Å²) >= 11 is 4.52. The fourth-order valence-electron chi connectivity index (χ4n) is 1.72. The lowest BCUT2D eigenvalue weighted by Crippen LogP contribution is -2.50. The van der Waals surface area contributed by atoms with E-state index in [1.54, 1.807) is 0 Å². The molecule has 0 aromatic heterocycles. The van der Waals surface area contributed by atoms with Crippen LogP contribution in [0.2, 0.25) is 0 Å². The molecule has 1 aliphatic carbocycles. The molecule has 1 rings (SSSR count). The number of rotatable bonds is 5. The topological polar surface area (TPSA) is 46.3 Å². The fraction of sp³-hybridized carbons (Fsp3) is 0.800. The molecule has 2 N–H and O–H groups in total. The molecule has 1 aliphatic rings. The van der Waals surface area contributed by atoms with Gasteiger partial charge in [-0.25, -0.2) is 0 Å². The summed E-state index contributed by atoms with van der Waals surface area (Å²) in [6.45, 7) is -0.332. The molecule has 0 radical (unpaired) electrons. The molecule has 0 aromatic carbocycles. The number of nitrogens with zero attached hydrogens (tertiary/aromatic N) is 1. The first kappa shape index (κ1) is 17.0. The minimum absolute atomic E-state index is 0.0704. The number of thiocarbonyl (C=S) groups is 1. The average molecular weight is 322 g/mol. The van der Waals surface area contributed by atoms with Gasteiger partial charge in [0.15, 0.2) is 0 Å². The summed E-state index contributed by atoms with van der Waals surface area (Å²) in [5.74, 6) is -5.98. The maximum Gasteiger partial charge on any atom is 0.409 e. The summed E-state index contributed by atoms with van der Waals surface area (Å²) < 4.78 is 74.9. The van der Waals surface area contributed by atoms with Crippen molar-refractivity contribution in [2.45, 2.75) is 37.7 Å². The summed E-state index contributed by atoms with van der Waals surface area (Å²) in [4.78, 5) is 12.2. The van der Waals surface area contributed by atoms with Crippen molar-refractivity contribution in [3.8, 4) is 0 Å². The Morgan fingerprint density at radius 2 is 1.65 bits per heavy atom. The van der Waals surface area contributed by atoms with Crippen LogP contribution in [0.15, 0.2) is 0 Å². The van der Waals surface area contributed by atoms with Crippen LogP contribution in [-0.4, -0.2) is 40.7 Å². The highest BCUT2D eigenvalue weighted by atomic mass is 32.1. The standard InChI is InChI=1S/C10H12F6N2OS/c11-9(12,13)7(10(14,15)16)8(19)18(5-1-2-5)4-3-6(17)20/h5,7H,1-4H2,(H2,17,20). The Morgan fingerprint density at radius 3 is 1.95 bits per heavy atom. The molecule has 10 heteroatoms. The van der Waals surface area contributed by atoms with Crippen LogP contribution in [0.1, 0.15) is 19.3 Å². The number of carbonyl (C=O) groups is 1. The number of halogens is 6. The van der Waals surface area contributed by atoms with E-state index in [0.29, 0.717) is 17.7 Å². The lowest BCUT2D eigenvalue weighted by molar-refractivity contribution is -0.277. The zero-order chi connectivity index (χ0) is 15.7. The minimum Gasteiger partial charge on any atom is -0.393 e. The van der Waals surface area contributed by atoms with Gasteiger partial charge in [0.05, 0.1) is 4.99 Å². The van der Waals surface area contributed by atoms with E-state index in [9.17, 15) is 31.1 Å². The molecule has 0 heterocycles. The Kier molecular flexibility index (Phi) is 4.88. The molecule has 0 unspecified atom stereocenters. The van der Waals surface area contributed by atoms with Gasteiger partial charge >= 0.3 is 12.4 Å². The molecule has 1 fully saturated rings. The van der Waals surface area contributed by atoms with Crippen molar-refractivity contribution < 1.29 is 31.1 Å². The van der Waals surface area contributed by atoms with Crippen molar-refractivity contribution >= 4 is 23.1 Å². The predicted octanol–water partition coefficient (Wildman–Crippen LogP) is 2.39. The second-order valence-electron chi connectivity index (χ2n) is 4.50. The van der Waals surface area contributed by atoms with Gasteiger partial charge < -0.3 is 10.6 Å². The van der Waals surface area contributed by atoms with Gasteiger partial charge in [-0.05, 0) is 12.8 Å². The number of hydrogen-bond acceptors (Lipinski definition) is 2. The molecule has 3 nitrogen and oxygen atoms in total. The highest BCUT2D eigenvalue weighted by Gasteiger charge is 2.62. The number of hydrogen-bond donors (Lipinski definition) is 1. The first-order chi connectivity index (χ1) is 8.94. The summed E-state index contributed by atoms with van der Waals surface area (Å²) in [7, 11) is 0. The van der Waals surface area contributed by atoms with E-state index in [-0.39, 0.29) is 18.0 Å². The molecular weight excluding hydrogens is 310 g/mol. The molecule has 0 aliphatic heterocycles. The zero-order valence-electron chi connectivity index (χ0n) is 10.1. The van der Waals surface area contributed by atoms with Gasteiger partial charge in [0.1, 0.15) is 0 Å². The van der Waals surface area contributed by atoms with Crippen LogP contribution >= 0.6 is 12.2 Å². The number of alkyl halides is 6. The first-order valence-corrected chi connectivity index (χ1v) is 6.07. The van der Waals surface area contributed by atoms with Gasteiger partial charge in [-0.2, -0.15) is 26.3 Å². The van der Waals surface area contributed by atoms with Crippen molar-refractivity contribution in [2.24, 2.45) is 11.7 Å². The maximum atomic E-state index is 12.5. The van der Waals surface area contributed by atoms with Gasteiger partial charge in [0.2, 0.25) is 11.8 Å². The quantitative estimate of drug-likeness (QED) is 0.624. The van der Waals surface area contributed by atoms with Crippen LogP contribution in [0.3, 0.4) is 0 Å².